The third kappa shape index (κ3) is 1.84. The van der Waals surface area contributed by atoms with Crippen molar-refractivity contribution in [1.29, 1.82) is 0 Å². The predicted molar refractivity (Wildman–Crippen MR) is 72.4 cm³/mol. The lowest BCUT2D eigenvalue weighted by molar-refractivity contribution is -0.133. The van der Waals surface area contributed by atoms with E-state index in [1.54, 1.807) is 6.42 Å². The van der Waals surface area contributed by atoms with Crippen molar-refractivity contribution in [3.8, 4) is 0 Å². The van der Waals surface area contributed by atoms with E-state index in [-0.39, 0.29) is 5.54 Å². The molecule has 4 bridgehead atoms. The number of hydrogen-bond donors (Lipinski definition) is 1. The second-order valence-electron chi connectivity index (χ2n) is 8.12. The van der Waals surface area contributed by atoms with Gasteiger partial charge in [-0.1, -0.05) is 0 Å². The normalized spacial score (nSPS) is 53.7. The van der Waals surface area contributed by atoms with Crippen molar-refractivity contribution in [2.45, 2.75) is 57.6 Å². The van der Waals surface area contributed by atoms with E-state index in [9.17, 15) is 0 Å². The maximum Gasteiger partial charge on any atom is 0.0733 e. The van der Waals surface area contributed by atoms with Crippen LogP contribution in [0.4, 0.5) is 0 Å². The Bertz CT molecular complexity index is 300. The second-order valence-corrected chi connectivity index (χ2v) is 8.12. The van der Waals surface area contributed by atoms with Crippen molar-refractivity contribution in [3.63, 3.8) is 0 Å². The first-order chi connectivity index (χ1) is 8.61. The monoisotopic (exact) mass is 249 g/mol. The molecule has 5 aliphatic rings. The molecule has 0 aromatic heterocycles. The molecule has 1 aliphatic heterocycles. The molecule has 2 heteroatoms. The molecule has 18 heavy (non-hydrogen) atoms. The molecule has 5 fully saturated rings. The molecule has 1 unspecified atom stereocenters. The minimum absolute atomic E-state index is 0.183. The summed E-state index contributed by atoms with van der Waals surface area (Å²) in [5.41, 5.74) is 0.183. The lowest BCUT2D eigenvalue weighted by atomic mass is 9.51. The van der Waals surface area contributed by atoms with Gasteiger partial charge in [-0.2, -0.15) is 0 Å². The molecule has 0 spiro atoms. The maximum atomic E-state index is 6.26. The Morgan fingerprint density at radius 1 is 0.944 bits per heavy atom. The van der Waals surface area contributed by atoms with Gasteiger partial charge in [-0.25, -0.2) is 0 Å². The van der Waals surface area contributed by atoms with Crippen LogP contribution in [0.2, 0.25) is 0 Å². The summed E-state index contributed by atoms with van der Waals surface area (Å²) in [6.45, 7) is 6.47. The Hall–Kier alpha value is -0.0800. The van der Waals surface area contributed by atoms with Crippen LogP contribution in [0.5, 0.6) is 0 Å². The molecule has 4 saturated carbocycles. The second kappa shape index (κ2) is 3.96. The van der Waals surface area contributed by atoms with E-state index in [0.29, 0.717) is 6.10 Å². The number of rotatable bonds is 1. The Morgan fingerprint density at radius 3 is 2.06 bits per heavy atom. The van der Waals surface area contributed by atoms with E-state index in [1.807, 2.05) is 0 Å². The van der Waals surface area contributed by atoms with Crippen LogP contribution in [0.1, 0.15) is 46.0 Å². The average Bonchev–Trinajstić information content (AvgIpc) is 2.29. The van der Waals surface area contributed by atoms with Crippen molar-refractivity contribution in [3.05, 3.63) is 0 Å². The molecule has 102 valence electrons. The molecule has 1 saturated heterocycles. The van der Waals surface area contributed by atoms with Gasteiger partial charge in [-0.15, -0.1) is 0 Å². The van der Waals surface area contributed by atoms with Gasteiger partial charge in [0.15, 0.2) is 0 Å². The highest BCUT2D eigenvalue weighted by Gasteiger charge is 2.51. The van der Waals surface area contributed by atoms with Crippen LogP contribution in [0, 0.1) is 29.6 Å². The highest BCUT2D eigenvalue weighted by atomic mass is 16.5. The van der Waals surface area contributed by atoms with Crippen LogP contribution < -0.4 is 5.32 Å². The van der Waals surface area contributed by atoms with E-state index >= 15 is 0 Å². The van der Waals surface area contributed by atoms with Gasteiger partial charge in [0, 0.05) is 12.1 Å². The summed E-state index contributed by atoms with van der Waals surface area (Å²) in [5, 5.41) is 3.69. The van der Waals surface area contributed by atoms with Gasteiger partial charge in [-0.3, -0.25) is 0 Å². The summed E-state index contributed by atoms with van der Waals surface area (Å²) in [4.78, 5) is 0. The Morgan fingerprint density at radius 2 is 1.56 bits per heavy atom. The number of nitrogens with one attached hydrogen (secondary N) is 1. The molecule has 4 aliphatic carbocycles. The minimum Gasteiger partial charge on any atom is -0.375 e. The van der Waals surface area contributed by atoms with Gasteiger partial charge in [-0.05, 0) is 75.5 Å². The van der Waals surface area contributed by atoms with Crippen LogP contribution in [0.3, 0.4) is 0 Å². The maximum absolute atomic E-state index is 6.26. The van der Waals surface area contributed by atoms with E-state index in [1.165, 1.54) is 25.7 Å². The summed E-state index contributed by atoms with van der Waals surface area (Å²) >= 11 is 0. The van der Waals surface area contributed by atoms with Crippen LogP contribution in [0.15, 0.2) is 0 Å². The summed E-state index contributed by atoms with van der Waals surface area (Å²) < 4.78 is 6.26. The summed E-state index contributed by atoms with van der Waals surface area (Å²) in [6, 6.07) is 0. The topological polar surface area (TPSA) is 21.3 Å². The van der Waals surface area contributed by atoms with Crippen molar-refractivity contribution < 1.29 is 4.74 Å². The predicted octanol–water partition coefficient (Wildman–Crippen LogP) is 2.83. The first kappa shape index (κ1) is 11.7. The largest absolute Gasteiger partial charge is 0.375 e. The fourth-order valence-corrected chi connectivity index (χ4v) is 5.62. The lowest BCUT2D eigenvalue weighted by Crippen LogP contribution is -2.59. The van der Waals surface area contributed by atoms with Crippen LogP contribution >= 0.6 is 0 Å². The minimum atomic E-state index is 0.183. The van der Waals surface area contributed by atoms with Gasteiger partial charge in [0.25, 0.3) is 0 Å². The highest BCUT2D eigenvalue weighted by molar-refractivity contribution is 5.02. The van der Waals surface area contributed by atoms with Gasteiger partial charge in [0.2, 0.25) is 0 Å². The van der Waals surface area contributed by atoms with Crippen LogP contribution in [0.25, 0.3) is 0 Å². The molecule has 1 atom stereocenters. The molecule has 5 rings (SSSR count). The fourth-order valence-electron chi connectivity index (χ4n) is 5.62. The van der Waals surface area contributed by atoms with Crippen molar-refractivity contribution in [1.82, 2.24) is 5.32 Å². The first-order valence-corrected chi connectivity index (χ1v) is 7.97. The zero-order valence-corrected chi connectivity index (χ0v) is 11.8. The number of ether oxygens (including phenoxy) is 1. The Labute approximate surface area is 111 Å². The summed E-state index contributed by atoms with van der Waals surface area (Å²) in [5.74, 6) is 5.03. The zero-order chi connectivity index (χ0) is 12.3. The summed E-state index contributed by atoms with van der Waals surface area (Å²) in [7, 11) is 0. The van der Waals surface area contributed by atoms with E-state index in [2.05, 4.69) is 19.2 Å². The Kier molecular flexibility index (Phi) is 2.58. The molecule has 0 amide bonds. The van der Waals surface area contributed by atoms with Gasteiger partial charge >= 0.3 is 0 Å². The summed E-state index contributed by atoms with van der Waals surface area (Å²) in [6.07, 6.45) is 8.12. The van der Waals surface area contributed by atoms with Gasteiger partial charge < -0.3 is 10.1 Å². The number of morpholine rings is 1. The molecular formula is C16H27NO. The van der Waals surface area contributed by atoms with E-state index in [0.717, 1.165) is 42.7 Å². The third-order valence-corrected chi connectivity index (χ3v) is 6.17. The first-order valence-electron chi connectivity index (χ1n) is 7.97. The highest BCUT2D eigenvalue weighted by Crippen LogP contribution is 2.57. The molecule has 0 aromatic rings. The SMILES string of the molecule is CC1(C)COC(C2C3CC4CC(C3)CC2C4)CN1. The molecule has 2 nitrogen and oxygen atoms in total. The van der Waals surface area contributed by atoms with E-state index in [4.69, 9.17) is 4.74 Å². The Balaban J connectivity index is 1.49. The van der Waals surface area contributed by atoms with Crippen molar-refractivity contribution >= 4 is 0 Å². The van der Waals surface area contributed by atoms with Crippen LogP contribution in [-0.4, -0.2) is 24.8 Å². The van der Waals surface area contributed by atoms with Crippen molar-refractivity contribution in [2.75, 3.05) is 13.2 Å². The quantitative estimate of drug-likeness (QED) is 0.771. The standard InChI is InChI=1S/C16H27NO/c1-16(2)9-18-14(8-17-16)15-12-4-10-3-11(6-12)7-13(15)5-10/h10-15,17H,3-9H2,1-2H3. The van der Waals surface area contributed by atoms with Gasteiger partial charge in [0.05, 0.1) is 12.7 Å². The third-order valence-electron chi connectivity index (χ3n) is 6.17. The molecule has 1 heterocycles. The fraction of sp³-hybridized carbons (Fsp3) is 1.00. The smallest absolute Gasteiger partial charge is 0.0733 e. The van der Waals surface area contributed by atoms with E-state index < -0.39 is 0 Å². The molecule has 0 radical (unpaired) electrons. The van der Waals surface area contributed by atoms with Crippen molar-refractivity contribution in [2.24, 2.45) is 29.6 Å². The zero-order valence-electron chi connectivity index (χ0n) is 11.8. The average molecular weight is 249 g/mol. The molecule has 1 N–H and O–H groups in total. The number of hydrogen-bond acceptors (Lipinski definition) is 2. The van der Waals surface area contributed by atoms with Crippen LogP contribution in [-0.2, 0) is 4.74 Å². The molecular weight excluding hydrogens is 222 g/mol. The lowest BCUT2D eigenvalue weighted by Gasteiger charge is -2.57. The molecule has 0 aromatic carbocycles. The van der Waals surface area contributed by atoms with Gasteiger partial charge in [0.1, 0.15) is 0 Å².